The van der Waals surface area contributed by atoms with Gasteiger partial charge in [-0.25, -0.2) is 9.97 Å². The molecule has 322 valence electrons. The summed E-state index contributed by atoms with van der Waals surface area (Å²) in [7, 11) is 0. The highest BCUT2D eigenvalue weighted by Gasteiger charge is 2.24. The Bertz CT molecular complexity index is 2330. The van der Waals surface area contributed by atoms with Crippen molar-refractivity contribution >= 4 is 44.5 Å². The van der Waals surface area contributed by atoms with Gasteiger partial charge in [0.15, 0.2) is 0 Å². The van der Waals surface area contributed by atoms with Gasteiger partial charge in [0.2, 0.25) is 0 Å². The molecule has 5 nitrogen and oxygen atoms in total. The zero-order valence-electron chi connectivity index (χ0n) is 37.1. The predicted molar refractivity (Wildman–Crippen MR) is 264 cm³/mol. The van der Waals surface area contributed by atoms with Crippen LogP contribution in [0.4, 0.5) is 0 Å². The minimum absolute atomic E-state index is 0.741. The SMILES string of the molecule is CCCCCCCCOc1ccc(-c2nc3cc4cn(CCCCCCCC)c(-c5cccs5)c4c(-c4cccs4)c3nc2-c2ccc(OCCCCCCCC)cc2)cc1. The summed E-state index contributed by atoms with van der Waals surface area (Å²) >= 11 is 3.60. The Balaban J connectivity index is 1.27. The molecule has 0 spiro atoms. The van der Waals surface area contributed by atoms with Crippen molar-refractivity contribution in [2.75, 3.05) is 13.2 Å². The third kappa shape index (κ3) is 11.9. The number of nitrogens with zero attached hydrogens (tertiary/aromatic N) is 3. The van der Waals surface area contributed by atoms with Crippen LogP contribution >= 0.6 is 22.7 Å². The molecule has 0 aliphatic carbocycles. The Morgan fingerprint density at radius 2 is 1.02 bits per heavy atom. The van der Waals surface area contributed by atoms with Gasteiger partial charge in [0, 0.05) is 45.1 Å². The van der Waals surface area contributed by atoms with E-state index in [2.05, 4.69) is 121 Å². The molecule has 7 aromatic rings. The molecule has 0 fully saturated rings. The lowest BCUT2D eigenvalue weighted by Crippen LogP contribution is -2.00. The van der Waals surface area contributed by atoms with Crippen molar-refractivity contribution in [2.24, 2.45) is 0 Å². The van der Waals surface area contributed by atoms with E-state index in [0.717, 1.165) is 77.6 Å². The fourth-order valence-corrected chi connectivity index (χ4v) is 10.1. The number of unbranched alkanes of at least 4 members (excludes halogenated alkanes) is 15. The second kappa shape index (κ2) is 23.7. The van der Waals surface area contributed by atoms with Gasteiger partial charge >= 0.3 is 0 Å². The lowest BCUT2D eigenvalue weighted by Gasteiger charge is -2.15. The van der Waals surface area contributed by atoms with Gasteiger partial charge in [-0.3, -0.25) is 0 Å². The largest absolute Gasteiger partial charge is 0.494 e. The maximum Gasteiger partial charge on any atom is 0.119 e. The molecule has 0 amide bonds. The first-order chi connectivity index (χ1) is 30.2. The normalized spacial score (nSPS) is 11.6. The lowest BCUT2D eigenvalue weighted by molar-refractivity contribution is 0.304. The van der Waals surface area contributed by atoms with Gasteiger partial charge in [-0.15, -0.1) is 22.7 Å². The molecule has 0 unspecified atom stereocenters. The zero-order valence-corrected chi connectivity index (χ0v) is 38.7. The van der Waals surface area contributed by atoms with Crippen molar-refractivity contribution < 1.29 is 9.47 Å². The Kier molecular flexibility index (Phi) is 17.3. The first-order valence-corrected chi connectivity index (χ1v) is 25.4. The van der Waals surface area contributed by atoms with Crippen molar-refractivity contribution in [1.29, 1.82) is 0 Å². The highest BCUT2D eigenvalue weighted by atomic mass is 32.1. The summed E-state index contributed by atoms with van der Waals surface area (Å²) in [6, 6.07) is 28.1. The minimum Gasteiger partial charge on any atom is -0.494 e. The van der Waals surface area contributed by atoms with E-state index < -0.39 is 0 Å². The summed E-state index contributed by atoms with van der Waals surface area (Å²) in [5, 5.41) is 6.86. The van der Waals surface area contributed by atoms with Crippen LogP contribution in [-0.4, -0.2) is 27.7 Å². The number of rotatable bonds is 27. The van der Waals surface area contributed by atoms with Gasteiger partial charge in [-0.2, -0.15) is 0 Å². The van der Waals surface area contributed by atoms with Crippen molar-refractivity contribution in [3.8, 4) is 55.0 Å². The predicted octanol–water partition coefficient (Wildman–Crippen LogP) is 17.2. The van der Waals surface area contributed by atoms with Gasteiger partial charge in [-0.1, -0.05) is 129 Å². The number of aromatic nitrogens is 3. The van der Waals surface area contributed by atoms with E-state index in [9.17, 15) is 0 Å². The van der Waals surface area contributed by atoms with Crippen LogP contribution in [0.5, 0.6) is 11.5 Å². The number of benzene rings is 3. The van der Waals surface area contributed by atoms with E-state index in [0.29, 0.717) is 0 Å². The van der Waals surface area contributed by atoms with Gasteiger partial charge in [-0.05, 0) is 96.8 Å². The second-order valence-electron chi connectivity index (χ2n) is 16.7. The Morgan fingerprint density at radius 1 is 0.525 bits per heavy atom. The van der Waals surface area contributed by atoms with Crippen molar-refractivity contribution in [2.45, 2.75) is 143 Å². The van der Waals surface area contributed by atoms with Crippen LogP contribution in [-0.2, 0) is 6.54 Å². The quantitative estimate of drug-likeness (QED) is 0.0484. The van der Waals surface area contributed by atoms with Crippen LogP contribution in [0.3, 0.4) is 0 Å². The Morgan fingerprint density at radius 3 is 1.54 bits per heavy atom. The zero-order chi connectivity index (χ0) is 42.1. The molecular formula is C54H67N3O2S2. The molecule has 0 bridgehead atoms. The lowest BCUT2D eigenvalue weighted by atomic mass is 9.99. The average Bonchev–Trinajstić information content (AvgIpc) is 4.09. The number of fused-ring (bicyclic) bond motifs is 2. The molecule has 0 atom stereocenters. The van der Waals surface area contributed by atoms with Gasteiger partial charge in [0.25, 0.3) is 0 Å². The highest BCUT2D eigenvalue weighted by Crippen LogP contribution is 2.46. The fourth-order valence-electron chi connectivity index (χ4n) is 8.49. The Hall–Kier alpha value is -4.46. The molecule has 0 saturated carbocycles. The van der Waals surface area contributed by atoms with Crippen molar-refractivity contribution in [3.05, 3.63) is 95.8 Å². The average molecular weight is 854 g/mol. The maximum absolute atomic E-state index is 6.24. The molecular weight excluding hydrogens is 787 g/mol. The minimum atomic E-state index is 0.741. The van der Waals surface area contributed by atoms with Crippen LogP contribution < -0.4 is 9.47 Å². The molecule has 61 heavy (non-hydrogen) atoms. The van der Waals surface area contributed by atoms with E-state index in [1.54, 1.807) is 11.3 Å². The van der Waals surface area contributed by atoms with E-state index >= 15 is 0 Å². The van der Waals surface area contributed by atoms with Gasteiger partial charge in [0.05, 0.1) is 46.2 Å². The molecule has 4 aromatic heterocycles. The third-order valence-corrected chi connectivity index (χ3v) is 13.6. The summed E-state index contributed by atoms with van der Waals surface area (Å²) < 4.78 is 15.0. The summed E-state index contributed by atoms with van der Waals surface area (Å²) in [4.78, 5) is 13.8. The fraction of sp³-hybridized carbons (Fsp3) is 0.444. The van der Waals surface area contributed by atoms with E-state index in [-0.39, 0.29) is 0 Å². The van der Waals surface area contributed by atoms with Crippen LogP contribution in [0.2, 0.25) is 0 Å². The maximum atomic E-state index is 6.24. The molecule has 7 rings (SSSR count). The first kappa shape index (κ1) is 44.6. The van der Waals surface area contributed by atoms with Crippen LogP contribution in [0.15, 0.2) is 95.8 Å². The molecule has 3 aromatic carbocycles. The second-order valence-corrected chi connectivity index (χ2v) is 18.6. The van der Waals surface area contributed by atoms with Crippen molar-refractivity contribution in [1.82, 2.24) is 14.5 Å². The highest BCUT2D eigenvalue weighted by molar-refractivity contribution is 7.14. The molecule has 7 heteroatoms. The Labute approximate surface area is 373 Å². The topological polar surface area (TPSA) is 49.2 Å². The molecule has 0 aliphatic rings. The van der Waals surface area contributed by atoms with E-state index in [1.165, 1.54) is 135 Å². The summed E-state index contributed by atoms with van der Waals surface area (Å²) in [5.41, 5.74) is 8.10. The third-order valence-electron chi connectivity index (χ3n) is 11.9. The van der Waals surface area contributed by atoms with E-state index in [1.807, 2.05) is 11.3 Å². The number of aryl methyl sites for hydroxylation is 1. The molecule has 0 aliphatic heterocycles. The van der Waals surface area contributed by atoms with Gasteiger partial charge in [0.1, 0.15) is 11.5 Å². The number of thiophene rings is 2. The van der Waals surface area contributed by atoms with Crippen LogP contribution in [0, 0.1) is 0 Å². The standard InChI is InChI=1S/C54H67N3O2S2/c1-4-7-10-13-16-19-34-57-40-43-39-46-53(50(47-24-22-37-60-47)49(43)54(57)48-25-23-38-61-48)56-52(42-28-32-45(33-29-42)59-36-21-18-15-12-9-6-3)51(55-46)41-26-30-44(31-27-41)58-35-20-17-14-11-8-5-2/h22-33,37-40H,4-21,34-36H2,1-3H3. The van der Waals surface area contributed by atoms with Gasteiger partial charge < -0.3 is 14.0 Å². The van der Waals surface area contributed by atoms with E-state index in [4.69, 9.17) is 19.4 Å². The summed E-state index contributed by atoms with van der Waals surface area (Å²) in [6.07, 6.45) is 25.0. The molecule has 0 saturated heterocycles. The van der Waals surface area contributed by atoms with Crippen LogP contribution in [0.1, 0.15) is 136 Å². The smallest absolute Gasteiger partial charge is 0.119 e. The number of hydrogen-bond donors (Lipinski definition) is 0. The number of ether oxygens (including phenoxy) is 2. The van der Waals surface area contributed by atoms with Crippen LogP contribution in [0.25, 0.3) is 65.3 Å². The molecule has 0 N–H and O–H groups in total. The summed E-state index contributed by atoms with van der Waals surface area (Å²) in [5.74, 6) is 1.79. The monoisotopic (exact) mass is 853 g/mol. The van der Waals surface area contributed by atoms with Crippen molar-refractivity contribution in [3.63, 3.8) is 0 Å². The number of hydrogen-bond acceptors (Lipinski definition) is 6. The molecule has 0 radical (unpaired) electrons. The molecule has 4 heterocycles. The first-order valence-electron chi connectivity index (χ1n) is 23.6. The summed E-state index contributed by atoms with van der Waals surface area (Å²) in [6.45, 7) is 9.29.